The van der Waals surface area contributed by atoms with Gasteiger partial charge in [0.25, 0.3) is 0 Å². The first-order chi connectivity index (χ1) is 29.2. The molecule has 0 saturated heterocycles. The number of aromatic nitrogens is 2. The smallest absolute Gasteiger partial charge is 0.107 e. The Hall–Kier alpha value is -6.23. The predicted molar refractivity (Wildman–Crippen MR) is 248 cm³/mol. The standard InChI is InChI=1S/C53H33I2N4/c1-3-11-34(12-4-1)35-23-27-39(28-24-35)52-55-51(38-13-5-2-6-14-38)58-53(59-52)43-18-10-17-42(32-43)41-16-9-15-40(31-41)36-21-25-37(26-22-36)50-49-48(44-19-7-8-20-46(44)54-49)45-33-56-30-29-47(45)57-50/h1-33H/q-1. The molecule has 7 aromatic carbocycles. The van der Waals surface area contributed by atoms with Crippen molar-refractivity contribution in [3.63, 3.8) is 0 Å². The Bertz CT molecular complexity index is 3150. The van der Waals surface area contributed by atoms with Gasteiger partial charge in [0.05, 0.1) is 0 Å². The molecule has 0 saturated carbocycles. The molecule has 4 nitrogen and oxygen atoms in total. The Morgan fingerprint density at radius 2 is 1.00 bits per heavy atom. The molecule has 0 aliphatic carbocycles. The number of hydrogen-bond acceptors (Lipinski definition) is 4. The molecule has 11 rings (SSSR count). The Balaban J connectivity index is 0.912. The first-order valence-electron chi connectivity index (χ1n) is 19.5. The third-order valence-electron chi connectivity index (χ3n) is 10.7. The summed E-state index contributed by atoms with van der Waals surface area (Å²) in [5.41, 5.74) is 16.2. The van der Waals surface area contributed by atoms with Gasteiger partial charge in [0.2, 0.25) is 0 Å². The van der Waals surface area contributed by atoms with E-state index in [1.807, 2.05) is 18.5 Å². The van der Waals surface area contributed by atoms with E-state index >= 15 is 0 Å². The third-order valence-corrected chi connectivity index (χ3v) is 16.6. The quantitative estimate of drug-likeness (QED) is 0.150. The zero-order valence-electron chi connectivity index (χ0n) is 31.6. The van der Waals surface area contributed by atoms with Crippen molar-refractivity contribution >= 4 is 44.8 Å². The van der Waals surface area contributed by atoms with E-state index in [0.717, 1.165) is 63.2 Å². The minimum Gasteiger partial charge on any atom is -0.222 e. The van der Waals surface area contributed by atoms with E-state index in [2.05, 4.69) is 187 Å². The van der Waals surface area contributed by atoms with Gasteiger partial charge in [-0.05, 0) is 31.9 Å². The summed E-state index contributed by atoms with van der Waals surface area (Å²) < 4.78 is 5.08. The number of hydrogen-bond donors (Lipinski definition) is 0. The molecular weight excluding hydrogens is 946 g/mol. The van der Waals surface area contributed by atoms with Crippen molar-refractivity contribution in [3.05, 3.63) is 224 Å². The van der Waals surface area contributed by atoms with Gasteiger partial charge in [0, 0.05) is 11.1 Å². The second kappa shape index (κ2) is 15.5. The van der Waals surface area contributed by atoms with Gasteiger partial charge in [-0.1, -0.05) is 91.0 Å². The molecule has 280 valence electrons. The molecule has 4 heterocycles. The first kappa shape index (κ1) is 35.9. The summed E-state index contributed by atoms with van der Waals surface area (Å²) in [6.07, 6.45) is 3.82. The van der Waals surface area contributed by atoms with E-state index in [1.165, 1.54) is 40.5 Å². The van der Waals surface area contributed by atoms with Crippen LogP contribution >= 0.6 is 20.7 Å². The molecule has 59 heavy (non-hydrogen) atoms. The summed E-state index contributed by atoms with van der Waals surface area (Å²) in [6, 6.07) is 67.2. The van der Waals surface area contributed by atoms with E-state index in [9.17, 15) is 0 Å². The molecule has 9 aromatic rings. The molecule has 6 heteroatoms. The minimum atomic E-state index is -0.606. The van der Waals surface area contributed by atoms with Crippen molar-refractivity contribution in [3.8, 4) is 55.8 Å². The fourth-order valence-electron chi connectivity index (χ4n) is 7.73. The van der Waals surface area contributed by atoms with Gasteiger partial charge < -0.3 is 0 Å². The van der Waals surface area contributed by atoms with Crippen molar-refractivity contribution < 1.29 is 21.2 Å². The molecule has 0 amide bonds. The van der Waals surface area contributed by atoms with Gasteiger partial charge in [-0.25, -0.2) is 9.98 Å². The minimum absolute atomic E-state index is 0.357. The van der Waals surface area contributed by atoms with E-state index in [1.54, 1.807) is 0 Å². The van der Waals surface area contributed by atoms with Crippen molar-refractivity contribution in [1.82, 2.24) is 9.97 Å². The number of aliphatic imine (C=N–C) groups is 2. The Kier molecular flexibility index (Phi) is 9.43. The maximum absolute atomic E-state index is 5.27. The van der Waals surface area contributed by atoms with Crippen LogP contribution in [0.4, 0.5) is 0 Å². The van der Waals surface area contributed by atoms with E-state index in [-0.39, 0.29) is 21.2 Å². The topological polar surface area (TPSA) is 50.5 Å². The zero-order chi connectivity index (χ0) is 39.1. The average Bonchev–Trinajstić information content (AvgIpc) is 3.72. The molecule has 0 radical (unpaired) electrons. The summed E-state index contributed by atoms with van der Waals surface area (Å²) in [7, 11) is 0. The van der Waals surface area contributed by atoms with E-state index in [4.69, 9.17) is 15.0 Å². The van der Waals surface area contributed by atoms with Crippen LogP contribution in [0.15, 0.2) is 210 Å². The van der Waals surface area contributed by atoms with Crippen LogP contribution in [0.25, 0.3) is 66.7 Å². The van der Waals surface area contributed by atoms with Crippen LogP contribution in [0.5, 0.6) is 0 Å². The Labute approximate surface area is 363 Å². The fraction of sp³-hybridized carbons (Fsp3) is 0. The number of pyridine rings is 2. The zero-order valence-corrected chi connectivity index (χ0v) is 35.9. The van der Waals surface area contributed by atoms with Gasteiger partial charge in [-0.3, -0.25) is 0 Å². The normalized spacial score (nSPS) is 13.3. The van der Waals surface area contributed by atoms with Crippen molar-refractivity contribution in [1.29, 1.82) is 0 Å². The van der Waals surface area contributed by atoms with Gasteiger partial charge in [-0.15, -0.1) is 0 Å². The molecule has 2 aromatic heterocycles. The molecule has 0 unspecified atom stereocenters. The number of amidine groups is 1. The van der Waals surface area contributed by atoms with E-state index in [0.29, 0.717) is 0 Å². The fourth-order valence-corrected chi connectivity index (χ4v) is 13.5. The molecule has 0 spiro atoms. The Morgan fingerprint density at radius 3 is 1.75 bits per heavy atom. The number of rotatable bonds is 7. The molecule has 0 bridgehead atoms. The maximum atomic E-state index is 5.27. The first-order valence-corrected chi connectivity index (χ1v) is 23.8. The summed E-state index contributed by atoms with van der Waals surface area (Å²) in [5, 5.41) is 1.14. The predicted octanol–water partition coefficient (Wildman–Crippen LogP) is 9.76. The van der Waals surface area contributed by atoms with Crippen molar-refractivity contribution in [2.24, 2.45) is 9.98 Å². The average molecular weight is 980 g/mol. The molecule has 0 atom stereocenters. The van der Waals surface area contributed by atoms with Crippen molar-refractivity contribution in [2.45, 2.75) is 0 Å². The van der Waals surface area contributed by atoms with Gasteiger partial charge in [0.15, 0.2) is 5.84 Å². The maximum Gasteiger partial charge on any atom is 0.107 e. The van der Waals surface area contributed by atoms with E-state index < -0.39 is 20.7 Å². The molecule has 2 aliphatic heterocycles. The number of nitrogens with zero attached hydrogens (tertiary/aromatic N) is 4. The van der Waals surface area contributed by atoms with Crippen LogP contribution < -0.4 is 21.2 Å². The summed E-state index contributed by atoms with van der Waals surface area (Å²) in [5.74, 6) is 0.751. The largest absolute Gasteiger partial charge is 0.222 e. The summed E-state index contributed by atoms with van der Waals surface area (Å²) >= 11 is -0.963. The second-order valence-electron chi connectivity index (χ2n) is 14.4. The van der Waals surface area contributed by atoms with Crippen LogP contribution in [-0.4, -0.2) is 23.2 Å². The third kappa shape index (κ3) is 6.96. The molecular formula is C53H33I2N4-. The molecule has 0 N–H and O–H groups in total. The number of fused-ring (bicyclic) bond motifs is 5. The summed E-state index contributed by atoms with van der Waals surface area (Å²) in [6.45, 7) is 0. The number of halogens is 2. The molecule has 0 fully saturated rings. The van der Waals surface area contributed by atoms with Gasteiger partial charge in [0.1, 0.15) is 7.35 Å². The van der Waals surface area contributed by atoms with Crippen LogP contribution in [-0.2, 0) is 0 Å². The summed E-state index contributed by atoms with van der Waals surface area (Å²) in [4.78, 5) is 20.2. The SMILES string of the molecule is c1ccc(C2=NC(c3cccc(-c4cccc(-c5ccc(-c6nc7ccncc7c7c6[I-]c6ccccc6-7)cc5)c4)c3)=NC(c3ccc(-c4ccccc4)cc3)=I2)cc1. The van der Waals surface area contributed by atoms with Crippen LogP contribution in [0.1, 0.15) is 16.7 Å². The monoisotopic (exact) mass is 979 g/mol. The Morgan fingerprint density at radius 1 is 0.441 bits per heavy atom. The van der Waals surface area contributed by atoms with Crippen LogP contribution in [0.2, 0.25) is 0 Å². The van der Waals surface area contributed by atoms with Crippen LogP contribution in [0.3, 0.4) is 0 Å². The van der Waals surface area contributed by atoms with Crippen LogP contribution in [0, 0.1) is 7.14 Å². The van der Waals surface area contributed by atoms with Crippen molar-refractivity contribution in [2.75, 3.05) is 0 Å². The van der Waals surface area contributed by atoms with Gasteiger partial charge >= 0.3 is 209 Å². The molecule has 2 aliphatic rings. The number of benzene rings is 7. The van der Waals surface area contributed by atoms with Gasteiger partial charge in [-0.2, -0.15) is 0 Å². The second-order valence-corrected chi connectivity index (χ2v) is 19.8.